The second-order valence-electron chi connectivity index (χ2n) is 2.49. The lowest BCUT2D eigenvalue weighted by atomic mass is 10.2. The lowest BCUT2D eigenvalue weighted by Crippen LogP contribution is -2.27. The summed E-state index contributed by atoms with van der Waals surface area (Å²) in [4.78, 5) is 0. The summed E-state index contributed by atoms with van der Waals surface area (Å²) in [6.45, 7) is 1.66. The molecule has 46 valence electrons. The molecule has 2 fully saturated rings. The van der Waals surface area contributed by atoms with Gasteiger partial charge in [-0.05, 0) is 12.8 Å². The second kappa shape index (κ2) is 1.71. The first-order chi connectivity index (χ1) is 3.95. The molecule has 0 aliphatic carbocycles. The molecular weight excluding hydrogens is 104 g/mol. The first kappa shape index (κ1) is 4.77. The van der Waals surface area contributed by atoms with Gasteiger partial charge in [0.25, 0.3) is 0 Å². The fourth-order valence-electron chi connectivity index (χ4n) is 1.36. The van der Waals surface area contributed by atoms with Gasteiger partial charge < -0.3 is 9.47 Å². The maximum absolute atomic E-state index is 5.47. The van der Waals surface area contributed by atoms with Gasteiger partial charge >= 0.3 is 0 Å². The molecule has 8 heavy (non-hydrogen) atoms. The quantitative estimate of drug-likeness (QED) is 0.458. The Hall–Kier alpha value is -0.0800. The third kappa shape index (κ3) is 0.644. The van der Waals surface area contributed by atoms with Crippen molar-refractivity contribution in [2.24, 2.45) is 0 Å². The van der Waals surface area contributed by atoms with E-state index in [0.717, 1.165) is 13.2 Å². The average molecular weight is 114 g/mol. The Bertz CT molecular complexity index is 78.5. The molecule has 0 aromatic rings. The molecule has 2 rings (SSSR count). The van der Waals surface area contributed by atoms with E-state index in [1.807, 2.05) is 0 Å². The zero-order chi connectivity index (χ0) is 5.40. The Morgan fingerprint density at radius 2 is 1.62 bits per heavy atom. The molecule has 2 nitrogen and oxygen atoms in total. The molecule has 0 N–H and O–H groups in total. The van der Waals surface area contributed by atoms with Gasteiger partial charge in [0.05, 0.1) is 25.4 Å². The van der Waals surface area contributed by atoms with E-state index in [-0.39, 0.29) is 0 Å². The van der Waals surface area contributed by atoms with Crippen LogP contribution in [-0.2, 0) is 9.47 Å². The minimum Gasteiger partial charge on any atom is -0.376 e. The van der Waals surface area contributed by atoms with E-state index in [1.54, 1.807) is 0 Å². The Balaban J connectivity index is 2.03. The van der Waals surface area contributed by atoms with Crippen LogP contribution in [0.4, 0.5) is 0 Å². The Labute approximate surface area is 48.8 Å². The second-order valence-corrected chi connectivity index (χ2v) is 2.49. The normalized spacial score (nSPS) is 45.0. The van der Waals surface area contributed by atoms with Crippen LogP contribution in [0.5, 0.6) is 0 Å². The molecule has 2 heteroatoms. The number of hydrogen-bond acceptors (Lipinski definition) is 2. The van der Waals surface area contributed by atoms with Gasteiger partial charge in [0.2, 0.25) is 0 Å². The van der Waals surface area contributed by atoms with Crippen molar-refractivity contribution >= 4 is 0 Å². The Morgan fingerprint density at radius 1 is 1.00 bits per heavy atom. The van der Waals surface area contributed by atoms with Gasteiger partial charge in [-0.25, -0.2) is 0 Å². The summed E-state index contributed by atoms with van der Waals surface area (Å²) in [6, 6.07) is 0. The summed E-state index contributed by atoms with van der Waals surface area (Å²) in [5, 5.41) is 0. The molecule has 2 unspecified atom stereocenters. The van der Waals surface area contributed by atoms with Crippen LogP contribution in [0.1, 0.15) is 12.8 Å². The summed E-state index contributed by atoms with van der Waals surface area (Å²) in [5.74, 6) is 0. The molecule has 0 aromatic heterocycles. The summed E-state index contributed by atoms with van der Waals surface area (Å²) in [7, 11) is 0. The van der Waals surface area contributed by atoms with E-state index >= 15 is 0 Å². The van der Waals surface area contributed by atoms with Crippen molar-refractivity contribution < 1.29 is 9.47 Å². The van der Waals surface area contributed by atoms with Crippen LogP contribution in [0.2, 0.25) is 0 Å². The van der Waals surface area contributed by atoms with Crippen LogP contribution >= 0.6 is 0 Å². The summed E-state index contributed by atoms with van der Waals surface area (Å²) in [6.07, 6.45) is 3.30. The summed E-state index contributed by atoms with van der Waals surface area (Å²) < 4.78 is 10.7. The largest absolute Gasteiger partial charge is 0.376 e. The minimum atomic E-state index is 0.439. The smallest absolute Gasteiger partial charge is 0.0814 e. The van der Waals surface area contributed by atoms with Crippen molar-refractivity contribution in [3.8, 4) is 0 Å². The molecule has 2 atom stereocenters. The number of rotatable bonds is 0. The van der Waals surface area contributed by atoms with Crippen LogP contribution in [0.25, 0.3) is 0 Å². The Kier molecular flexibility index (Phi) is 1.02. The molecule has 2 aliphatic heterocycles. The molecule has 2 aliphatic rings. The lowest BCUT2D eigenvalue weighted by Gasteiger charge is -2.19. The molecule has 2 heterocycles. The topological polar surface area (TPSA) is 18.5 Å². The Morgan fingerprint density at radius 3 is 2.12 bits per heavy atom. The van der Waals surface area contributed by atoms with Crippen LogP contribution in [0.15, 0.2) is 0 Å². The molecule has 0 aromatic carbocycles. The van der Waals surface area contributed by atoms with E-state index in [2.05, 4.69) is 0 Å². The van der Waals surface area contributed by atoms with Crippen molar-refractivity contribution in [3.05, 3.63) is 0 Å². The molecule has 0 radical (unpaired) electrons. The fraction of sp³-hybridized carbons (Fsp3) is 1.00. The standard InChI is InChI=1S/C6H10O2/c1-2-6-4-7-3-5(1)8-6/h5-6H,1-4H2. The van der Waals surface area contributed by atoms with E-state index in [9.17, 15) is 0 Å². The minimum absolute atomic E-state index is 0.439. The lowest BCUT2D eigenvalue weighted by molar-refractivity contribution is -0.0973. The first-order valence-electron chi connectivity index (χ1n) is 3.18. The van der Waals surface area contributed by atoms with Gasteiger partial charge in [0, 0.05) is 0 Å². The number of ether oxygens (including phenoxy) is 2. The van der Waals surface area contributed by atoms with Crippen LogP contribution in [-0.4, -0.2) is 25.4 Å². The molecule has 2 saturated heterocycles. The van der Waals surface area contributed by atoms with Crippen molar-refractivity contribution in [2.75, 3.05) is 13.2 Å². The highest BCUT2D eigenvalue weighted by molar-refractivity contribution is 4.76. The van der Waals surface area contributed by atoms with Crippen molar-refractivity contribution in [2.45, 2.75) is 25.0 Å². The van der Waals surface area contributed by atoms with Gasteiger partial charge in [-0.2, -0.15) is 0 Å². The van der Waals surface area contributed by atoms with Crippen LogP contribution in [0, 0.1) is 0 Å². The zero-order valence-corrected chi connectivity index (χ0v) is 4.80. The number of fused-ring (bicyclic) bond motifs is 2. The fourth-order valence-corrected chi connectivity index (χ4v) is 1.36. The van der Waals surface area contributed by atoms with Crippen LogP contribution < -0.4 is 0 Å². The van der Waals surface area contributed by atoms with E-state index in [4.69, 9.17) is 9.47 Å². The van der Waals surface area contributed by atoms with E-state index in [0.29, 0.717) is 12.2 Å². The molecule has 0 spiro atoms. The highest BCUT2D eigenvalue weighted by atomic mass is 16.6. The van der Waals surface area contributed by atoms with Gasteiger partial charge in [0.15, 0.2) is 0 Å². The highest BCUT2D eigenvalue weighted by Crippen LogP contribution is 2.23. The van der Waals surface area contributed by atoms with Crippen molar-refractivity contribution in [3.63, 3.8) is 0 Å². The first-order valence-corrected chi connectivity index (χ1v) is 3.18. The predicted octanol–water partition coefficient (Wildman–Crippen LogP) is 0.564. The molecule has 2 bridgehead atoms. The molecule has 0 saturated carbocycles. The van der Waals surface area contributed by atoms with Gasteiger partial charge in [-0.15, -0.1) is 0 Å². The zero-order valence-electron chi connectivity index (χ0n) is 4.80. The summed E-state index contributed by atoms with van der Waals surface area (Å²) >= 11 is 0. The SMILES string of the molecule is C1CC2COCC1O2. The van der Waals surface area contributed by atoms with Crippen LogP contribution in [0.3, 0.4) is 0 Å². The molecular formula is C6H10O2. The summed E-state index contributed by atoms with van der Waals surface area (Å²) in [5.41, 5.74) is 0. The molecule has 0 amide bonds. The van der Waals surface area contributed by atoms with Crippen molar-refractivity contribution in [1.82, 2.24) is 0 Å². The van der Waals surface area contributed by atoms with Gasteiger partial charge in [-0.3, -0.25) is 0 Å². The van der Waals surface area contributed by atoms with Gasteiger partial charge in [-0.1, -0.05) is 0 Å². The van der Waals surface area contributed by atoms with Gasteiger partial charge in [0.1, 0.15) is 0 Å². The number of hydrogen-bond donors (Lipinski definition) is 0. The maximum Gasteiger partial charge on any atom is 0.0814 e. The van der Waals surface area contributed by atoms with E-state index < -0.39 is 0 Å². The predicted molar refractivity (Wildman–Crippen MR) is 28.7 cm³/mol. The van der Waals surface area contributed by atoms with E-state index in [1.165, 1.54) is 12.8 Å². The third-order valence-electron chi connectivity index (χ3n) is 1.80. The monoisotopic (exact) mass is 114 g/mol. The van der Waals surface area contributed by atoms with Crippen molar-refractivity contribution in [1.29, 1.82) is 0 Å². The third-order valence-corrected chi connectivity index (χ3v) is 1.80. The average Bonchev–Trinajstić information content (AvgIpc) is 2.12. The highest BCUT2D eigenvalue weighted by Gasteiger charge is 2.29. The maximum atomic E-state index is 5.47.